The molecule has 0 radical (unpaired) electrons. The molecule has 1 aromatic carbocycles. The maximum Gasteiger partial charge on any atom is 0.303 e. The molecule has 94 valence electrons. The minimum absolute atomic E-state index is 0.177. The summed E-state index contributed by atoms with van der Waals surface area (Å²) in [7, 11) is 0. The summed E-state index contributed by atoms with van der Waals surface area (Å²) >= 11 is 11.9. The van der Waals surface area contributed by atoms with Crippen molar-refractivity contribution >= 4 is 29.2 Å². The Balaban J connectivity index is 2.24. The van der Waals surface area contributed by atoms with Crippen LogP contribution in [0.5, 0.6) is 0 Å². The zero-order valence-corrected chi connectivity index (χ0v) is 10.8. The Morgan fingerprint density at radius 3 is 2.47 bits per heavy atom. The van der Waals surface area contributed by atoms with Crippen LogP contribution in [0, 0.1) is 0 Å². The third kappa shape index (κ3) is 5.39. The van der Waals surface area contributed by atoms with Gasteiger partial charge in [-0.3, -0.25) is 4.79 Å². The van der Waals surface area contributed by atoms with Crippen LogP contribution < -0.4 is 0 Å². The average Bonchev–Trinajstić information content (AvgIpc) is 2.26. The number of halogens is 2. The molecule has 0 saturated carbocycles. The first-order chi connectivity index (χ1) is 8.11. The highest BCUT2D eigenvalue weighted by Gasteiger charge is 2.05. The van der Waals surface area contributed by atoms with Crippen LogP contribution in [0.25, 0.3) is 0 Å². The van der Waals surface area contributed by atoms with Gasteiger partial charge in [0.05, 0.1) is 6.61 Å². The summed E-state index contributed by atoms with van der Waals surface area (Å²) in [5.41, 5.74) is 0.772. The number of unbranched alkanes of at least 4 members (excludes halogenated alkanes) is 1. The first-order valence-electron chi connectivity index (χ1n) is 5.33. The second kappa shape index (κ2) is 7.54. The van der Waals surface area contributed by atoms with E-state index in [0.29, 0.717) is 36.1 Å². The number of carbonyl (C=O) groups is 1. The number of hydrogen-bond acceptors (Lipinski definition) is 2. The average molecular weight is 277 g/mol. The third-order valence-corrected chi connectivity index (χ3v) is 2.95. The first-order valence-corrected chi connectivity index (χ1v) is 6.09. The van der Waals surface area contributed by atoms with Gasteiger partial charge in [0.2, 0.25) is 0 Å². The number of benzene rings is 1. The molecule has 0 fully saturated rings. The Morgan fingerprint density at radius 2 is 1.88 bits per heavy atom. The summed E-state index contributed by atoms with van der Waals surface area (Å²) in [6.45, 7) is 0.862. The normalized spacial score (nSPS) is 10.5. The molecule has 0 aromatic heterocycles. The van der Waals surface area contributed by atoms with Crippen molar-refractivity contribution in [2.45, 2.75) is 25.9 Å². The molecule has 17 heavy (non-hydrogen) atoms. The smallest absolute Gasteiger partial charge is 0.303 e. The van der Waals surface area contributed by atoms with E-state index in [0.717, 1.165) is 5.56 Å². The van der Waals surface area contributed by atoms with E-state index in [1.54, 1.807) is 18.2 Å². The van der Waals surface area contributed by atoms with Gasteiger partial charge in [0, 0.05) is 28.6 Å². The highest BCUT2D eigenvalue weighted by atomic mass is 35.5. The lowest BCUT2D eigenvalue weighted by Crippen LogP contribution is -1.99. The van der Waals surface area contributed by atoms with Gasteiger partial charge in [0.15, 0.2) is 0 Å². The SMILES string of the molecule is O=C(O)CCCCOCc1c(Cl)cccc1Cl. The van der Waals surface area contributed by atoms with Gasteiger partial charge in [0.25, 0.3) is 0 Å². The van der Waals surface area contributed by atoms with E-state index >= 15 is 0 Å². The predicted molar refractivity (Wildman–Crippen MR) is 67.6 cm³/mol. The fraction of sp³-hybridized carbons (Fsp3) is 0.417. The van der Waals surface area contributed by atoms with E-state index in [2.05, 4.69) is 0 Å². The summed E-state index contributed by atoms with van der Waals surface area (Å²) < 4.78 is 5.40. The minimum Gasteiger partial charge on any atom is -0.481 e. The number of carboxylic acid groups (broad SMARTS) is 1. The molecule has 1 aromatic rings. The van der Waals surface area contributed by atoms with Crippen LogP contribution in [0.15, 0.2) is 18.2 Å². The maximum absolute atomic E-state index is 10.3. The summed E-state index contributed by atoms with van der Waals surface area (Å²) in [5, 5.41) is 9.62. The number of ether oxygens (including phenoxy) is 1. The van der Waals surface area contributed by atoms with Crippen molar-refractivity contribution in [3.05, 3.63) is 33.8 Å². The minimum atomic E-state index is -0.779. The highest BCUT2D eigenvalue weighted by Crippen LogP contribution is 2.24. The number of hydrogen-bond donors (Lipinski definition) is 1. The lowest BCUT2D eigenvalue weighted by atomic mass is 10.2. The molecule has 0 bridgehead atoms. The van der Waals surface area contributed by atoms with Crippen molar-refractivity contribution in [2.24, 2.45) is 0 Å². The van der Waals surface area contributed by atoms with Gasteiger partial charge in [-0.15, -0.1) is 0 Å². The Kier molecular flexibility index (Phi) is 6.34. The highest BCUT2D eigenvalue weighted by molar-refractivity contribution is 6.35. The van der Waals surface area contributed by atoms with Crippen molar-refractivity contribution < 1.29 is 14.6 Å². The van der Waals surface area contributed by atoms with E-state index in [9.17, 15) is 4.79 Å². The van der Waals surface area contributed by atoms with Crippen LogP contribution in [0.2, 0.25) is 10.0 Å². The molecule has 1 rings (SSSR count). The molecule has 0 saturated heterocycles. The van der Waals surface area contributed by atoms with Crippen molar-refractivity contribution in [3.8, 4) is 0 Å². The van der Waals surface area contributed by atoms with E-state index in [1.165, 1.54) is 0 Å². The Labute approximate surface area is 110 Å². The van der Waals surface area contributed by atoms with Gasteiger partial charge < -0.3 is 9.84 Å². The van der Waals surface area contributed by atoms with Crippen LogP contribution in [0.1, 0.15) is 24.8 Å². The summed E-state index contributed by atoms with van der Waals surface area (Å²) in [6, 6.07) is 5.30. The second-order valence-corrected chi connectivity index (χ2v) is 4.42. The largest absolute Gasteiger partial charge is 0.481 e. The van der Waals surface area contributed by atoms with Crippen LogP contribution in [-0.2, 0) is 16.1 Å². The maximum atomic E-state index is 10.3. The van der Waals surface area contributed by atoms with Crippen molar-refractivity contribution in [3.63, 3.8) is 0 Å². The summed E-state index contributed by atoms with van der Waals surface area (Å²) in [6.07, 6.45) is 1.51. The van der Waals surface area contributed by atoms with Crippen LogP contribution in [-0.4, -0.2) is 17.7 Å². The molecule has 0 unspecified atom stereocenters. The fourth-order valence-electron chi connectivity index (χ4n) is 1.32. The van der Waals surface area contributed by atoms with E-state index in [1.807, 2.05) is 0 Å². The molecule has 5 heteroatoms. The van der Waals surface area contributed by atoms with Crippen LogP contribution >= 0.6 is 23.2 Å². The zero-order chi connectivity index (χ0) is 12.7. The fourth-order valence-corrected chi connectivity index (χ4v) is 1.83. The molecule has 0 heterocycles. The number of aliphatic carboxylic acids is 1. The van der Waals surface area contributed by atoms with Crippen LogP contribution in [0.4, 0.5) is 0 Å². The lowest BCUT2D eigenvalue weighted by molar-refractivity contribution is -0.137. The Hall–Kier alpha value is -0.770. The molecule has 0 spiro atoms. The lowest BCUT2D eigenvalue weighted by Gasteiger charge is -2.07. The van der Waals surface area contributed by atoms with E-state index in [-0.39, 0.29) is 6.42 Å². The van der Waals surface area contributed by atoms with Gasteiger partial charge in [-0.2, -0.15) is 0 Å². The Morgan fingerprint density at radius 1 is 1.24 bits per heavy atom. The molecule has 0 aliphatic carbocycles. The van der Waals surface area contributed by atoms with Gasteiger partial charge in [-0.1, -0.05) is 29.3 Å². The van der Waals surface area contributed by atoms with Crippen LogP contribution in [0.3, 0.4) is 0 Å². The zero-order valence-electron chi connectivity index (χ0n) is 9.29. The topological polar surface area (TPSA) is 46.5 Å². The first kappa shape index (κ1) is 14.3. The van der Waals surface area contributed by atoms with E-state index < -0.39 is 5.97 Å². The molecule has 3 nitrogen and oxygen atoms in total. The van der Waals surface area contributed by atoms with Crippen molar-refractivity contribution in [1.29, 1.82) is 0 Å². The van der Waals surface area contributed by atoms with Gasteiger partial charge in [-0.05, 0) is 25.0 Å². The third-order valence-electron chi connectivity index (χ3n) is 2.24. The van der Waals surface area contributed by atoms with E-state index in [4.69, 9.17) is 33.0 Å². The van der Waals surface area contributed by atoms with Gasteiger partial charge in [0.1, 0.15) is 0 Å². The Bertz CT molecular complexity index is 360. The molecular weight excluding hydrogens is 263 g/mol. The van der Waals surface area contributed by atoms with Crippen molar-refractivity contribution in [2.75, 3.05) is 6.61 Å². The summed E-state index contributed by atoms with van der Waals surface area (Å²) in [4.78, 5) is 10.3. The predicted octanol–water partition coefficient (Wildman–Crippen LogP) is 3.76. The molecule has 0 aliphatic heterocycles. The molecule has 0 atom stereocenters. The molecule has 0 aliphatic rings. The molecule has 1 N–H and O–H groups in total. The van der Waals surface area contributed by atoms with Gasteiger partial charge >= 0.3 is 5.97 Å². The van der Waals surface area contributed by atoms with Crippen molar-refractivity contribution in [1.82, 2.24) is 0 Å². The number of rotatable bonds is 7. The monoisotopic (exact) mass is 276 g/mol. The molecular formula is C12H14Cl2O3. The van der Waals surface area contributed by atoms with Gasteiger partial charge in [-0.25, -0.2) is 0 Å². The molecule has 0 amide bonds. The summed E-state index contributed by atoms with van der Waals surface area (Å²) in [5.74, 6) is -0.779. The second-order valence-electron chi connectivity index (χ2n) is 3.60. The standard InChI is InChI=1S/C12H14Cl2O3/c13-10-4-3-5-11(14)9(10)8-17-7-2-1-6-12(15)16/h3-5H,1-2,6-8H2,(H,15,16). The number of carboxylic acids is 1. The quantitative estimate of drug-likeness (QED) is 0.772.